The third-order valence-electron chi connectivity index (χ3n) is 4.35. The minimum atomic E-state index is -0.148. The van der Waals surface area contributed by atoms with Crippen LogP contribution in [0.5, 0.6) is 0 Å². The molecule has 1 amide bonds. The van der Waals surface area contributed by atoms with Crippen molar-refractivity contribution in [3.05, 3.63) is 78.3 Å². The van der Waals surface area contributed by atoms with E-state index in [1.54, 1.807) is 18.4 Å². The quantitative estimate of drug-likeness (QED) is 0.366. The Morgan fingerprint density at radius 2 is 2.07 bits per heavy atom. The van der Waals surface area contributed by atoms with E-state index in [9.17, 15) is 4.79 Å². The molecule has 1 aliphatic carbocycles. The molecule has 0 aromatic heterocycles. The number of nitrogens with zero attached hydrogens (tertiary/aromatic N) is 2. The first-order chi connectivity index (χ1) is 13.4. The molecule has 0 unspecified atom stereocenters. The molecule has 2 rings (SSSR count). The van der Waals surface area contributed by atoms with Gasteiger partial charge in [-0.1, -0.05) is 31.4 Å². The number of nitrogens with two attached hydrogens (primary N) is 2. The molecule has 0 aliphatic heterocycles. The fourth-order valence-corrected chi connectivity index (χ4v) is 2.48. The zero-order chi connectivity index (χ0) is 20.7. The Bertz CT molecular complexity index is 902. The normalized spacial score (nSPS) is 15.6. The van der Waals surface area contributed by atoms with Crippen LogP contribution >= 0.6 is 0 Å². The maximum Gasteiger partial charge on any atom is 0.250 e. The van der Waals surface area contributed by atoms with Crippen molar-refractivity contribution in [2.75, 3.05) is 5.32 Å². The van der Waals surface area contributed by atoms with Crippen LogP contribution in [-0.2, 0) is 4.79 Å². The Kier molecular flexibility index (Phi) is 7.09. The second-order valence-electron chi connectivity index (χ2n) is 6.61. The number of aliphatic imine (C=N–C) groups is 2. The Hall–Kier alpha value is -3.41. The molecule has 0 radical (unpaired) electrons. The van der Waals surface area contributed by atoms with Crippen molar-refractivity contribution in [1.29, 1.82) is 0 Å². The highest BCUT2D eigenvalue weighted by Crippen LogP contribution is 2.30. The molecular formula is C22H27N5O. The molecule has 1 saturated carbocycles. The number of carbonyl (C=O) groups excluding carboxylic acids is 1. The molecule has 0 bridgehead atoms. The third-order valence-corrected chi connectivity index (χ3v) is 4.35. The van der Waals surface area contributed by atoms with Gasteiger partial charge in [-0.2, -0.15) is 4.99 Å². The van der Waals surface area contributed by atoms with Crippen LogP contribution < -0.4 is 16.8 Å². The lowest BCUT2D eigenvalue weighted by Gasteiger charge is -2.15. The van der Waals surface area contributed by atoms with Crippen LogP contribution in [0.15, 0.2) is 77.2 Å². The molecule has 6 nitrogen and oxygen atoms in total. The van der Waals surface area contributed by atoms with E-state index in [0.717, 1.165) is 24.1 Å². The predicted molar refractivity (Wildman–Crippen MR) is 117 cm³/mol. The molecule has 1 aliphatic rings. The summed E-state index contributed by atoms with van der Waals surface area (Å²) in [6, 6.07) is 5.60. The SMILES string of the molecule is C=C\C=C/N=C(C)/C(=C\N)C(=C)Nc1cc(C(N)=NC(=O)C2CC2)ccc1C. The maximum absolute atomic E-state index is 11.9. The maximum atomic E-state index is 11.9. The van der Waals surface area contributed by atoms with Crippen LogP contribution in [0.2, 0.25) is 0 Å². The standard InChI is InChI=1S/C22H27N5O/c1-5-6-11-25-15(3)19(13-23)16(4)26-20-12-18(8-7-14(20)2)21(24)27-22(28)17-9-10-17/h5-8,11-13,17,26H,1,4,9-10,23H2,2-3H3,(H2,24,27,28)/b11-6-,19-13+,25-15+. The van der Waals surface area contributed by atoms with Crippen molar-refractivity contribution < 1.29 is 4.79 Å². The summed E-state index contributed by atoms with van der Waals surface area (Å²) < 4.78 is 0. The van der Waals surface area contributed by atoms with E-state index >= 15 is 0 Å². The lowest BCUT2D eigenvalue weighted by atomic mass is 10.1. The van der Waals surface area contributed by atoms with Gasteiger partial charge in [0.15, 0.2) is 0 Å². The van der Waals surface area contributed by atoms with Gasteiger partial charge in [0, 0.05) is 46.6 Å². The van der Waals surface area contributed by atoms with E-state index in [2.05, 4.69) is 28.5 Å². The van der Waals surface area contributed by atoms with E-state index in [1.807, 2.05) is 32.0 Å². The second-order valence-corrected chi connectivity index (χ2v) is 6.61. The Morgan fingerprint density at radius 1 is 1.36 bits per heavy atom. The molecule has 1 aromatic carbocycles. The summed E-state index contributed by atoms with van der Waals surface area (Å²) in [5.74, 6) is 0.105. The molecule has 146 valence electrons. The fourth-order valence-electron chi connectivity index (χ4n) is 2.48. The molecule has 5 N–H and O–H groups in total. The van der Waals surface area contributed by atoms with Crippen molar-refractivity contribution in [2.45, 2.75) is 26.7 Å². The fraction of sp³-hybridized carbons (Fsp3) is 0.227. The summed E-state index contributed by atoms with van der Waals surface area (Å²) in [4.78, 5) is 20.2. The van der Waals surface area contributed by atoms with Crippen LogP contribution in [-0.4, -0.2) is 17.5 Å². The Labute approximate surface area is 166 Å². The number of hydrogen-bond donors (Lipinski definition) is 3. The summed E-state index contributed by atoms with van der Waals surface area (Å²) in [5.41, 5.74) is 16.3. The van der Waals surface area contributed by atoms with E-state index < -0.39 is 0 Å². The average molecular weight is 377 g/mol. The van der Waals surface area contributed by atoms with Crippen LogP contribution in [0.4, 0.5) is 5.69 Å². The van der Waals surface area contributed by atoms with Gasteiger partial charge in [0.25, 0.3) is 5.91 Å². The summed E-state index contributed by atoms with van der Waals surface area (Å²) in [5, 5.41) is 3.25. The Morgan fingerprint density at radius 3 is 2.68 bits per heavy atom. The molecular weight excluding hydrogens is 350 g/mol. The zero-order valence-electron chi connectivity index (χ0n) is 16.4. The largest absolute Gasteiger partial charge is 0.404 e. The third kappa shape index (κ3) is 5.54. The van der Waals surface area contributed by atoms with Crippen molar-refractivity contribution in [3.8, 4) is 0 Å². The first-order valence-corrected chi connectivity index (χ1v) is 9.07. The number of amidine groups is 1. The van der Waals surface area contributed by atoms with Crippen LogP contribution in [0.3, 0.4) is 0 Å². The van der Waals surface area contributed by atoms with Gasteiger partial charge in [-0.05, 0) is 44.4 Å². The van der Waals surface area contributed by atoms with Crippen molar-refractivity contribution in [1.82, 2.24) is 0 Å². The smallest absolute Gasteiger partial charge is 0.250 e. The summed E-state index contributed by atoms with van der Waals surface area (Å²) in [6.45, 7) is 11.5. The summed E-state index contributed by atoms with van der Waals surface area (Å²) in [7, 11) is 0. The number of aryl methyl sites for hydroxylation is 1. The summed E-state index contributed by atoms with van der Waals surface area (Å²) in [6.07, 6.45) is 8.26. The number of carbonyl (C=O) groups is 1. The summed E-state index contributed by atoms with van der Waals surface area (Å²) >= 11 is 0. The number of rotatable bonds is 8. The van der Waals surface area contributed by atoms with Crippen LogP contribution in [0.25, 0.3) is 0 Å². The minimum absolute atomic E-state index is 0.0380. The number of nitrogens with one attached hydrogen (secondary N) is 1. The highest BCUT2D eigenvalue weighted by atomic mass is 16.1. The molecule has 1 fully saturated rings. The number of benzene rings is 1. The first-order valence-electron chi connectivity index (χ1n) is 9.07. The lowest BCUT2D eigenvalue weighted by Crippen LogP contribution is -2.17. The van der Waals surface area contributed by atoms with Crippen molar-refractivity contribution >= 4 is 23.1 Å². The average Bonchev–Trinajstić information content (AvgIpc) is 3.49. The van der Waals surface area contributed by atoms with Gasteiger partial charge >= 0.3 is 0 Å². The van der Waals surface area contributed by atoms with E-state index in [0.29, 0.717) is 22.5 Å². The molecule has 28 heavy (non-hydrogen) atoms. The van der Waals surface area contributed by atoms with E-state index in [-0.39, 0.29) is 17.7 Å². The van der Waals surface area contributed by atoms with E-state index in [4.69, 9.17) is 11.5 Å². The van der Waals surface area contributed by atoms with Gasteiger partial charge in [-0.3, -0.25) is 9.79 Å². The number of hydrogen-bond acceptors (Lipinski definition) is 4. The minimum Gasteiger partial charge on any atom is -0.404 e. The highest BCUT2D eigenvalue weighted by molar-refractivity contribution is 6.06. The van der Waals surface area contributed by atoms with Crippen LogP contribution in [0.1, 0.15) is 30.9 Å². The molecule has 0 heterocycles. The molecule has 0 atom stereocenters. The van der Waals surface area contributed by atoms with Gasteiger partial charge < -0.3 is 16.8 Å². The Balaban J connectivity index is 2.21. The predicted octanol–water partition coefficient (Wildman–Crippen LogP) is 3.57. The zero-order valence-corrected chi connectivity index (χ0v) is 16.4. The number of anilines is 1. The van der Waals surface area contributed by atoms with Crippen molar-refractivity contribution in [2.24, 2.45) is 27.4 Å². The lowest BCUT2D eigenvalue weighted by molar-refractivity contribution is -0.118. The molecule has 1 aromatic rings. The van der Waals surface area contributed by atoms with Gasteiger partial charge in [0.2, 0.25) is 0 Å². The highest BCUT2D eigenvalue weighted by Gasteiger charge is 2.29. The monoisotopic (exact) mass is 377 g/mol. The van der Waals surface area contributed by atoms with E-state index in [1.165, 1.54) is 6.20 Å². The van der Waals surface area contributed by atoms with Gasteiger partial charge in [-0.15, -0.1) is 0 Å². The molecule has 0 saturated heterocycles. The first kappa shape index (κ1) is 20.9. The molecule has 0 spiro atoms. The van der Waals surface area contributed by atoms with Gasteiger partial charge in [0.1, 0.15) is 5.84 Å². The van der Waals surface area contributed by atoms with Gasteiger partial charge in [-0.25, -0.2) is 0 Å². The topological polar surface area (TPSA) is 106 Å². The van der Waals surface area contributed by atoms with Crippen molar-refractivity contribution in [3.63, 3.8) is 0 Å². The number of allylic oxidation sites excluding steroid dienone is 3. The van der Waals surface area contributed by atoms with Crippen LogP contribution in [0, 0.1) is 12.8 Å². The van der Waals surface area contributed by atoms with Gasteiger partial charge in [0.05, 0.1) is 0 Å². The number of amides is 1. The molecule has 6 heteroatoms. The second kappa shape index (κ2) is 9.50.